The molecule has 0 amide bonds. The van der Waals surface area contributed by atoms with Gasteiger partial charge in [-0.3, -0.25) is 0 Å². The molecule has 0 radical (unpaired) electrons. The van der Waals surface area contributed by atoms with Crippen molar-refractivity contribution in [1.29, 1.82) is 10.5 Å². The third-order valence-electron chi connectivity index (χ3n) is 3.49. The molecule has 0 N–H and O–H groups in total. The van der Waals surface area contributed by atoms with Gasteiger partial charge in [-0.1, -0.05) is 0 Å². The minimum absolute atomic E-state index is 0.361. The number of hydrogen-bond donors (Lipinski definition) is 0. The highest BCUT2D eigenvalue weighted by molar-refractivity contribution is 7.11. The normalized spacial score (nSPS) is 12.0. The molecule has 0 fully saturated rings. The number of aromatic nitrogens is 2. The van der Waals surface area contributed by atoms with Crippen LogP contribution in [0.15, 0.2) is 22.9 Å². The Morgan fingerprint density at radius 3 is 2.00 bits per heavy atom. The average Bonchev–Trinajstić information content (AvgIpc) is 3.33. The zero-order valence-electron chi connectivity index (χ0n) is 13.5. The number of thiophene rings is 2. The van der Waals surface area contributed by atoms with Crippen LogP contribution in [0.1, 0.15) is 31.7 Å². The summed E-state index contributed by atoms with van der Waals surface area (Å²) < 4.78 is 4.27. The van der Waals surface area contributed by atoms with Gasteiger partial charge in [-0.2, -0.15) is 14.9 Å². The molecule has 25 heavy (non-hydrogen) atoms. The molecule has 0 saturated heterocycles. The van der Waals surface area contributed by atoms with E-state index in [2.05, 4.69) is 21.5 Å². The summed E-state index contributed by atoms with van der Waals surface area (Å²) in [5.41, 5.74) is 3.09. The lowest BCUT2D eigenvalue weighted by Gasteiger charge is -1.94. The van der Waals surface area contributed by atoms with Crippen molar-refractivity contribution in [2.45, 2.75) is 13.8 Å². The number of rotatable bonds is 4. The zero-order valence-corrected chi connectivity index (χ0v) is 15.9. The number of nitriles is 2. The van der Waals surface area contributed by atoms with Gasteiger partial charge in [0.25, 0.3) is 0 Å². The second kappa shape index (κ2) is 7.54. The molecule has 0 aromatic carbocycles. The Balaban J connectivity index is 1.96. The van der Waals surface area contributed by atoms with Crippen LogP contribution >= 0.6 is 34.2 Å². The maximum absolute atomic E-state index is 9.47. The molecule has 0 atom stereocenters. The Bertz CT molecular complexity index is 968. The molecule has 0 aliphatic heterocycles. The summed E-state index contributed by atoms with van der Waals surface area (Å²) >= 11 is 4.28. The van der Waals surface area contributed by atoms with Crippen LogP contribution in [-0.2, 0) is 0 Å². The number of aryl methyl sites for hydroxylation is 2. The summed E-state index contributed by atoms with van der Waals surface area (Å²) in [4.78, 5) is 6.45. The second-order valence-corrected chi connectivity index (χ2v) is 7.85. The van der Waals surface area contributed by atoms with E-state index in [-0.39, 0.29) is 0 Å². The highest BCUT2D eigenvalue weighted by Gasteiger charge is 2.14. The van der Waals surface area contributed by atoms with E-state index >= 15 is 0 Å². The van der Waals surface area contributed by atoms with Gasteiger partial charge in [0.15, 0.2) is 10.8 Å². The number of allylic oxidation sites excluding steroid dienone is 2. The Morgan fingerprint density at radius 1 is 0.960 bits per heavy atom. The van der Waals surface area contributed by atoms with Crippen molar-refractivity contribution >= 4 is 57.5 Å². The van der Waals surface area contributed by atoms with Gasteiger partial charge in [-0.25, -0.2) is 4.98 Å². The summed E-state index contributed by atoms with van der Waals surface area (Å²) in [6.45, 7) is 4.00. The van der Waals surface area contributed by atoms with Gasteiger partial charge < -0.3 is 0 Å². The fourth-order valence-corrected chi connectivity index (χ4v) is 4.42. The van der Waals surface area contributed by atoms with E-state index in [1.54, 1.807) is 28.7 Å². The minimum atomic E-state index is 0.361. The number of nitrogens with zero attached hydrogens (tertiary/aromatic N) is 4. The SMILES string of the molecule is Cc1ccsc1/C=C(\C#N)c1nsc(/C(C#N)=C/c2sccc2C)n1. The van der Waals surface area contributed by atoms with Gasteiger partial charge in [0.2, 0.25) is 0 Å². The van der Waals surface area contributed by atoms with Gasteiger partial charge in [0, 0.05) is 9.75 Å². The van der Waals surface area contributed by atoms with Crippen LogP contribution in [0, 0.1) is 36.5 Å². The van der Waals surface area contributed by atoms with Crippen molar-refractivity contribution in [3.8, 4) is 12.1 Å². The molecule has 3 aromatic heterocycles. The van der Waals surface area contributed by atoms with E-state index < -0.39 is 0 Å². The fourth-order valence-electron chi connectivity index (χ4n) is 2.06. The molecule has 7 heteroatoms. The molecule has 122 valence electrons. The first-order valence-electron chi connectivity index (χ1n) is 7.28. The average molecular weight is 381 g/mol. The third kappa shape index (κ3) is 3.75. The molecular weight excluding hydrogens is 368 g/mol. The predicted octanol–water partition coefficient (Wildman–Crippen LogP) is 5.41. The van der Waals surface area contributed by atoms with Crippen LogP contribution < -0.4 is 0 Å². The first kappa shape index (κ1) is 17.2. The molecule has 3 aromatic rings. The summed E-state index contributed by atoms with van der Waals surface area (Å²) in [5, 5.41) is 23.4. The first-order chi connectivity index (χ1) is 12.1. The second-order valence-electron chi connectivity index (χ2n) is 5.20. The lowest BCUT2D eigenvalue weighted by molar-refractivity contribution is 1.25. The Morgan fingerprint density at radius 2 is 1.52 bits per heavy atom. The highest BCUT2D eigenvalue weighted by Crippen LogP contribution is 2.27. The Kier molecular flexibility index (Phi) is 5.20. The predicted molar refractivity (Wildman–Crippen MR) is 105 cm³/mol. The molecule has 0 aliphatic rings. The summed E-state index contributed by atoms with van der Waals surface area (Å²) in [5.74, 6) is 0.361. The quantitative estimate of drug-likeness (QED) is 0.568. The lowest BCUT2D eigenvalue weighted by atomic mass is 10.2. The van der Waals surface area contributed by atoms with Crippen molar-refractivity contribution < 1.29 is 0 Å². The number of hydrogen-bond acceptors (Lipinski definition) is 7. The van der Waals surface area contributed by atoms with Crippen LogP contribution in [0.4, 0.5) is 0 Å². The van der Waals surface area contributed by atoms with Crippen molar-refractivity contribution in [1.82, 2.24) is 9.36 Å². The van der Waals surface area contributed by atoms with Gasteiger partial charge in [0.05, 0.1) is 11.1 Å². The van der Waals surface area contributed by atoms with E-state index in [0.717, 1.165) is 32.4 Å². The molecule has 0 spiro atoms. The van der Waals surface area contributed by atoms with Gasteiger partial charge in [0.1, 0.15) is 12.1 Å². The maximum atomic E-state index is 9.47. The Hall–Kier alpha value is -2.58. The van der Waals surface area contributed by atoms with Gasteiger partial charge >= 0.3 is 0 Å². The van der Waals surface area contributed by atoms with E-state index in [0.29, 0.717) is 22.0 Å². The van der Waals surface area contributed by atoms with Crippen LogP contribution in [0.25, 0.3) is 23.3 Å². The van der Waals surface area contributed by atoms with E-state index in [4.69, 9.17) is 0 Å². The first-order valence-corrected chi connectivity index (χ1v) is 9.82. The van der Waals surface area contributed by atoms with Crippen molar-refractivity contribution in [3.63, 3.8) is 0 Å². The maximum Gasteiger partial charge on any atom is 0.184 e. The lowest BCUT2D eigenvalue weighted by Crippen LogP contribution is -1.87. The molecule has 3 rings (SSSR count). The topological polar surface area (TPSA) is 73.4 Å². The van der Waals surface area contributed by atoms with Crippen molar-refractivity contribution in [3.05, 3.63) is 54.6 Å². The van der Waals surface area contributed by atoms with Crippen molar-refractivity contribution in [2.75, 3.05) is 0 Å². The van der Waals surface area contributed by atoms with Gasteiger partial charge in [-0.05, 0) is 71.6 Å². The molecule has 0 aliphatic carbocycles. The Labute approximate surface area is 157 Å². The monoisotopic (exact) mass is 380 g/mol. The molecule has 0 saturated carbocycles. The van der Waals surface area contributed by atoms with Crippen LogP contribution in [0.5, 0.6) is 0 Å². The standard InChI is InChI=1S/C18H12N4S3/c1-11-3-5-23-15(11)7-13(9-19)17-21-18(25-22-17)14(10-20)8-16-12(2)4-6-24-16/h3-8H,1-2H3/b13-7+,14-8+. The molecule has 4 nitrogen and oxygen atoms in total. The summed E-state index contributed by atoms with van der Waals surface area (Å²) in [7, 11) is 0. The van der Waals surface area contributed by atoms with Crippen molar-refractivity contribution in [2.24, 2.45) is 0 Å². The summed E-state index contributed by atoms with van der Waals surface area (Å²) in [6.07, 6.45) is 3.62. The smallest absolute Gasteiger partial charge is 0.184 e. The van der Waals surface area contributed by atoms with E-state index in [1.165, 1.54) is 0 Å². The summed E-state index contributed by atoms with van der Waals surface area (Å²) in [6, 6.07) is 8.36. The van der Waals surface area contributed by atoms with Crippen LogP contribution in [0.3, 0.4) is 0 Å². The van der Waals surface area contributed by atoms with Crippen LogP contribution in [-0.4, -0.2) is 9.36 Å². The minimum Gasteiger partial charge on any atom is -0.213 e. The van der Waals surface area contributed by atoms with Crippen LogP contribution in [0.2, 0.25) is 0 Å². The zero-order chi connectivity index (χ0) is 17.8. The molecule has 3 heterocycles. The largest absolute Gasteiger partial charge is 0.213 e. The molecule has 0 bridgehead atoms. The van der Waals surface area contributed by atoms with E-state index in [1.807, 2.05) is 42.8 Å². The third-order valence-corrected chi connectivity index (χ3v) is 6.17. The van der Waals surface area contributed by atoms with E-state index in [9.17, 15) is 10.5 Å². The molecule has 0 unspecified atom stereocenters. The van der Waals surface area contributed by atoms with Gasteiger partial charge in [-0.15, -0.1) is 22.7 Å². The fraction of sp³-hybridized carbons (Fsp3) is 0.111. The highest BCUT2D eigenvalue weighted by atomic mass is 32.1. The molecular formula is C18H12N4S3.